The van der Waals surface area contributed by atoms with E-state index in [1.807, 2.05) is 18.3 Å². The molecule has 6 heteroatoms. The quantitative estimate of drug-likeness (QED) is 0.575. The van der Waals surface area contributed by atoms with Gasteiger partial charge in [-0.1, -0.05) is 11.6 Å². The fourth-order valence-corrected chi connectivity index (χ4v) is 5.36. The first-order valence-electron chi connectivity index (χ1n) is 10.8. The van der Waals surface area contributed by atoms with Crippen LogP contribution in [0.15, 0.2) is 54.7 Å². The normalized spacial score (nSPS) is 18.8. The lowest BCUT2D eigenvalue weighted by Gasteiger charge is -2.52. The van der Waals surface area contributed by atoms with Gasteiger partial charge in [-0.05, 0) is 104 Å². The van der Waals surface area contributed by atoms with Crippen molar-refractivity contribution in [1.29, 1.82) is 0 Å². The third kappa shape index (κ3) is 4.30. The molecule has 1 aliphatic carbocycles. The number of nitrogens with zero attached hydrogens (tertiary/aromatic N) is 2. The number of pyridine rings is 1. The third-order valence-electron chi connectivity index (χ3n) is 6.95. The summed E-state index contributed by atoms with van der Waals surface area (Å²) in [6.07, 6.45) is 6.31. The van der Waals surface area contributed by atoms with Crippen molar-refractivity contribution in [2.45, 2.75) is 31.6 Å². The fourth-order valence-electron chi connectivity index (χ4n) is 5.23. The number of nitrogens with one attached hydrogen (secondary N) is 1. The maximum absolute atomic E-state index is 13.8. The molecule has 1 saturated heterocycles. The molecule has 3 aromatic rings. The highest BCUT2D eigenvalue weighted by atomic mass is 35.5. The molecule has 2 aromatic carbocycles. The summed E-state index contributed by atoms with van der Waals surface area (Å²) in [6, 6.07) is 14.1. The average Bonchev–Trinajstić information content (AvgIpc) is 2.74. The maximum atomic E-state index is 13.8. The predicted molar refractivity (Wildman–Crippen MR) is 122 cm³/mol. The van der Waals surface area contributed by atoms with E-state index in [2.05, 4.69) is 21.3 Å². The topological polar surface area (TPSA) is 45.2 Å². The molecule has 1 amide bonds. The smallest absolute Gasteiger partial charge is 0.238 e. The summed E-state index contributed by atoms with van der Waals surface area (Å²) >= 11 is 5.89. The SMILES string of the molecule is O=C(CN1CCC2(CC1)CC(c1ccnc3ccc(F)cc13)C2)Nc1ccc(Cl)cc1. The van der Waals surface area contributed by atoms with Crippen LogP contribution in [0.5, 0.6) is 0 Å². The van der Waals surface area contributed by atoms with Crippen molar-refractivity contribution in [2.75, 3.05) is 25.0 Å². The van der Waals surface area contributed by atoms with Gasteiger partial charge in [-0.25, -0.2) is 4.39 Å². The zero-order valence-corrected chi connectivity index (χ0v) is 18.0. The van der Waals surface area contributed by atoms with Gasteiger partial charge in [0.05, 0.1) is 12.1 Å². The van der Waals surface area contributed by atoms with Crippen LogP contribution < -0.4 is 5.32 Å². The van der Waals surface area contributed by atoms with E-state index in [9.17, 15) is 9.18 Å². The van der Waals surface area contributed by atoms with Gasteiger partial charge >= 0.3 is 0 Å². The number of fused-ring (bicyclic) bond motifs is 1. The number of rotatable bonds is 4. The molecule has 0 atom stereocenters. The lowest BCUT2D eigenvalue weighted by molar-refractivity contribution is -0.118. The van der Waals surface area contributed by atoms with Gasteiger partial charge in [-0.2, -0.15) is 0 Å². The number of likely N-dealkylation sites (tertiary alicyclic amines) is 1. The fraction of sp³-hybridized carbons (Fsp3) is 0.360. The second-order valence-electron chi connectivity index (χ2n) is 9.00. The van der Waals surface area contributed by atoms with Crippen LogP contribution in [-0.2, 0) is 4.79 Å². The summed E-state index contributed by atoms with van der Waals surface area (Å²) in [5.74, 6) is 0.267. The molecule has 1 aromatic heterocycles. The molecule has 0 bridgehead atoms. The third-order valence-corrected chi connectivity index (χ3v) is 7.20. The minimum Gasteiger partial charge on any atom is -0.325 e. The molecule has 31 heavy (non-hydrogen) atoms. The van der Waals surface area contributed by atoms with E-state index in [4.69, 9.17) is 11.6 Å². The summed E-state index contributed by atoms with van der Waals surface area (Å²) in [6.45, 7) is 2.29. The lowest BCUT2D eigenvalue weighted by Crippen LogP contribution is -2.48. The molecule has 2 aliphatic rings. The van der Waals surface area contributed by atoms with Crippen LogP contribution in [0.25, 0.3) is 10.9 Å². The number of anilines is 1. The number of benzene rings is 2. The number of carbonyl (C=O) groups is 1. The van der Waals surface area contributed by atoms with Crippen molar-refractivity contribution in [3.63, 3.8) is 0 Å². The summed E-state index contributed by atoms with van der Waals surface area (Å²) in [4.78, 5) is 19.0. The van der Waals surface area contributed by atoms with Crippen molar-refractivity contribution >= 4 is 34.1 Å². The first kappa shape index (κ1) is 20.4. The molecule has 160 valence electrons. The van der Waals surface area contributed by atoms with Crippen molar-refractivity contribution in [2.24, 2.45) is 5.41 Å². The zero-order chi connectivity index (χ0) is 21.4. The number of halogens is 2. The molecule has 5 rings (SSSR count). The predicted octanol–water partition coefficient (Wildman–Crippen LogP) is 5.63. The van der Waals surface area contributed by atoms with E-state index in [1.165, 1.54) is 11.6 Å². The maximum Gasteiger partial charge on any atom is 0.238 e. The second-order valence-corrected chi connectivity index (χ2v) is 9.43. The number of amides is 1. The lowest BCUT2D eigenvalue weighted by atomic mass is 9.56. The van der Waals surface area contributed by atoms with Crippen LogP contribution in [-0.4, -0.2) is 35.4 Å². The Balaban J connectivity index is 1.15. The Kier molecular flexibility index (Phi) is 5.40. The summed E-state index contributed by atoms with van der Waals surface area (Å²) in [7, 11) is 0. The molecule has 0 radical (unpaired) electrons. The zero-order valence-electron chi connectivity index (χ0n) is 17.3. The molecule has 1 spiro atoms. The molecule has 1 N–H and O–H groups in total. The number of carbonyl (C=O) groups excluding carboxylic acids is 1. The Morgan fingerprint density at radius 2 is 1.87 bits per heavy atom. The number of aromatic nitrogens is 1. The minimum atomic E-state index is -0.207. The average molecular weight is 438 g/mol. The van der Waals surface area contributed by atoms with Gasteiger partial charge in [0, 0.05) is 22.3 Å². The molecule has 2 fully saturated rings. The van der Waals surface area contributed by atoms with Gasteiger partial charge in [-0.15, -0.1) is 0 Å². The van der Waals surface area contributed by atoms with Crippen LogP contribution >= 0.6 is 11.6 Å². The Bertz CT molecular complexity index is 1100. The summed E-state index contributed by atoms with van der Waals surface area (Å²) in [5.41, 5.74) is 3.21. The van der Waals surface area contributed by atoms with Crippen LogP contribution in [0.4, 0.5) is 10.1 Å². The summed E-state index contributed by atoms with van der Waals surface area (Å²) in [5, 5.41) is 4.54. The van der Waals surface area contributed by atoms with E-state index in [1.54, 1.807) is 24.3 Å². The molecule has 2 heterocycles. The van der Waals surface area contributed by atoms with Gasteiger partial charge in [0.15, 0.2) is 0 Å². The second kappa shape index (κ2) is 8.21. The van der Waals surface area contributed by atoms with E-state index in [0.717, 1.165) is 55.4 Å². The first-order chi connectivity index (χ1) is 15.0. The van der Waals surface area contributed by atoms with E-state index in [-0.39, 0.29) is 11.7 Å². The monoisotopic (exact) mass is 437 g/mol. The largest absolute Gasteiger partial charge is 0.325 e. The van der Waals surface area contributed by atoms with Crippen molar-refractivity contribution in [3.05, 3.63) is 71.1 Å². The molecule has 1 aliphatic heterocycles. The molecular weight excluding hydrogens is 413 g/mol. The first-order valence-corrected chi connectivity index (χ1v) is 11.2. The van der Waals surface area contributed by atoms with Crippen molar-refractivity contribution in [1.82, 2.24) is 9.88 Å². The minimum absolute atomic E-state index is 0.00930. The Labute approximate surface area is 186 Å². The van der Waals surface area contributed by atoms with Crippen LogP contribution in [0.3, 0.4) is 0 Å². The van der Waals surface area contributed by atoms with Gasteiger partial charge in [0.1, 0.15) is 5.82 Å². The van der Waals surface area contributed by atoms with Crippen LogP contribution in [0, 0.1) is 11.2 Å². The van der Waals surface area contributed by atoms with Crippen molar-refractivity contribution in [3.8, 4) is 0 Å². The standard InChI is InChI=1S/C25H25ClFN3O/c26-18-1-4-20(5-2-18)29-24(31)16-30-11-8-25(9-12-30)14-17(15-25)21-7-10-28-23-6-3-19(27)13-22(21)23/h1-7,10,13,17H,8-9,11-12,14-16H2,(H,29,31). The molecule has 0 unspecified atom stereocenters. The highest BCUT2D eigenvalue weighted by Gasteiger charge is 2.46. The Morgan fingerprint density at radius 3 is 2.61 bits per heavy atom. The van der Waals surface area contributed by atoms with E-state index < -0.39 is 0 Å². The highest BCUT2D eigenvalue weighted by molar-refractivity contribution is 6.30. The van der Waals surface area contributed by atoms with Gasteiger partial charge in [0.25, 0.3) is 0 Å². The highest BCUT2D eigenvalue weighted by Crippen LogP contribution is 2.57. The van der Waals surface area contributed by atoms with E-state index in [0.29, 0.717) is 22.9 Å². The van der Waals surface area contributed by atoms with E-state index >= 15 is 0 Å². The Morgan fingerprint density at radius 1 is 1.13 bits per heavy atom. The summed E-state index contributed by atoms with van der Waals surface area (Å²) < 4.78 is 13.8. The van der Waals surface area contributed by atoms with Crippen LogP contribution in [0.2, 0.25) is 5.02 Å². The number of hydrogen-bond acceptors (Lipinski definition) is 3. The van der Waals surface area contributed by atoms with Gasteiger partial charge in [-0.3, -0.25) is 14.7 Å². The number of hydrogen-bond donors (Lipinski definition) is 1. The molecule has 4 nitrogen and oxygen atoms in total. The van der Waals surface area contributed by atoms with Crippen LogP contribution in [0.1, 0.15) is 37.2 Å². The number of piperidine rings is 1. The Hall–Kier alpha value is -2.50. The van der Waals surface area contributed by atoms with Crippen molar-refractivity contribution < 1.29 is 9.18 Å². The molecule has 1 saturated carbocycles. The van der Waals surface area contributed by atoms with Gasteiger partial charge in [0.2, 0.25) is 5.91 Å². The molecular formula is C25H25ClFN3O. The van der Waals surface area contributed by atoms with Gasteiger partial charge < -0.3 is 5.32 Å².